The van der Waals surface area contributed by atoms with Gasteiger partial charge in [0.15, 0.2) is 11.6 Å². The highest BCUT2D eigenvalue weighted by atomic mass is 32.2. The maximum Gasteiger partial charge on any atom is 0.152 e. The van der Waals surface area contributed by atoms with Crippen LogP contribution in [0.4, 0.5) is 0 Å². The molecule has 0 aromatic heterocycles. The second-order valence-electron chi connectivity index (χ2n) is 34.0. The van der Waals surface area contributed by atoms with Crippen LogP contribution in [0.15, 0.2) is 34.9 Å². The minimum Gasteiger partial charge on any atom is -0.381 e. The van der Waals surface area contributed by atoms with E-state index in [2.05, 4.69) is 0 Å². The molecule has 0 spiro atoms. The first-order chi connectivity index (χ1) is 56.0. The van der Waals surface area contributed by atoms with Gasteiger partial charge in [-0.1, -0.05) is 22.8 Å². The van der Waals surface area contributed by atoms with Crippen LogP contribution in [-0.4, -0.2) is 235 Å². The van der Waals surface area contributed by atoms with Crippen molar-refractivity contribution in [3.63, 3.8) is 0 Å². The molecule has 16 aliphatic rings. The van der Waals surface area contributed by atoms with Gasteiger partial charge in [-0.05, 0) is 281 Å². The van der Waals surface area contributed by atoms with E-state index in [0.717, 1.165) is 182 Å². The van der Waals surface area contributed by atoms with Crippen LogP contribution in [0.3, 0.4) is 0 Å². The molecule has 4 aliphatic carbocycles. The van der Waals surface area contributed by atoms with Crippen LogP contribution in [0.25, 0.3) is 0 Å². The Morgan fingerprint density at radius 3 is 1.07 bits per heavy atom. The van der Waals surface area contributed by atoms with Gasteiger partial charge in [0.05, 0.1) is 103 Å². The molecule has 0 N–H and O–H groups in total. The van der Waals surface area contributed by atoms with Crippen molar-refractivity contribution in [2.24, 2.45) is 71.0 Å². The van der Waals surface area contributed by atoms with Gasteiger partial charge in [-0.15, -0.1) is 0 Å². The molecule has 16 rings (SSSR count). The third kappa shape index (κ3) is 44.9. The highest BCUT2D eigenvalue weighted by Crippen LogP contribution is 2.52. The SMILES string of the molecule is CC(=O)C1C2CCCOC21.CC(=O)C1C2CCCOC21.CC(=O)C1C2COCC21.CC(=O)C1C2COCC21.CC(=O)C=C1CCOCC1.CC(=O)C=C1CCSCC1.CC(=O)CC1=CCOCC1.CC(=O)CC1CCCCO1.CC(=O)CC1CCCO1.CC(=O)CC1CCOCC1.CC(=O)CC1CCSCC1.CC(=O)CC1COCCO1. The van der Waals surface area contributed by atoms with Gasteiger partial charge in [0.25, 0.3) is 0 Å². The highest BCUT2D eigenvalue weighted by molar-refractivity contribution is 7.99. The minimum atomic E-state index is 0.00579. The van der Waals surface area contributed by atoms with E-state index in [1.165, 1.54) is 71.8 Å². The molecule has 4 saturated carbocycles. The monoisotopic (exact) mass is 1680 g/mol. The van der Waals surface area contributed by atoms with Crippen LogP contribution >= 0.6 is 23.5 Å². The Hall–Kier alpha value is -4.48. The maximum absolute atomic E-state index is 10.9. The van der Waals surface area contributed by atoms with Crippen molar-refractivity contribution < 1.29 is 110 Å². The number of ketones is 12. The summed E-state index contributed by atoms with van der Waals surface area (Å²) in [5.74, 6) is 14.3. The molecule has 12 aliphatic heterocycles. The lowest BCUT2D eigenvalue weighted by Gasteiger charge is -2.21. The summed E-state index contributed by atoms with van der Waals surface area (Å²) in [7, 11) is 0. The Balaban J connectivity index is 0.000000228. The van der Waals surface area contributed by atoms with Crippen molar-refractivity contribution in [1.82, 2.24) is 0 Å². The summed E-state index contributed by atoms with van der Waals surface area (Å²) >= 11 is 3.99. The Bertz CT molecular complexity index is 2840. The summed E-state index contributed by atoms with van der Waals surface area (Å²) in [6, 6.07) is 0. The van der Waals surface area contributed by atoms with Crippen LogP contribution in [0.2, 0.25) is 0 Å². The van der Waals surface area contributed by atoms with Crippen molar-refractivity contribution in [2.75, 3.05) is 135 Å². The number of allylic oxidation sites excluding steroid dienone is 3. The molecule has 0 bridgehead atoms. The molecule has 13 unspecified atom stereocenters. The van der Waals surface area contributed by atoms with E-state index in [1.54, 1.807) is 95.2 Å². The maximum atomic E-state index is 10.9. The molecule has 0 amide bonds. The second kappa shape index (κ2) is 58.6. The van der Waals surface area contributed by atoms with Gasteiger partial charge in [0.1, 0.15) is 57.8 Å². The van der Waals surface area contributed by atoms with Crippen molar-refractivity contribution >= 4 is 92.9 Å². The number of Topliss-reactive ketones (excluding diaryl/α,β-unsaturated/α-hetero) is 10. The lowest BCUT2D eigenvalue weighted by molar-refractivity contribution is -0.127. The predicted molar refractivity (Wildman–Crippen MR) is 453 cm³/mol. The molecular weight excluding hydrogens is 1540 g/mol. The van der Waals surface area contributed by atoms with Crippen LogP contribution in [0.5, 0.6) is 0 Å². The molecule has 0 radical (unpaired) electrons. The van der Waals surface area contributed by atoms with Gasteiger partial charge < -0.3 is 61.7 Å². The predicted octanol–water partition coefficient (Wildman–Crippen LogP) is 14.2. The topological polar surface area (TPSA) is 306 Å². The Labute approximate surface area is 707 Å². The lowest BCUT2D eigenvalue weighted by Crippen LogP contribution is -2.29. The molecule has 12 heterocycles. The first-order valence-corrected chi connectivity index (χ1v) is 46.1. The molecule has 23 nitrogen and oxygen atoms in total. The van der Waals surface area contributed by atoms with Crippen LogP contribution in [0.1, 0.15) is 237 Å². The van der Waals surface area contributed by atoms with Gasteiger partial charge in [-0.25, -0.2) is 0 Å². The van der Waals surface area contributed by atoms with Crippen molar-refractivity contribution in [3.05, 3.63) is 34.9 Å². The third-order valence-corrected chi connectivity index (χ3v) is 25.2. The van der Waals surface area contributed by atoms with Gasteiger partial charge in [0.2, 0.25) is 0 Å². The molecule has 13 atom stereocenters. The lowest BCUT2D eigenvalue weighted by atomic mass is 9.95. The molecule has 25 heteroatoms. The summed E-state index contributed by atoms with van der Waals surface area (Å²) in [6.07, 6.45) is 30.5. The Kier molecular flexibility index (Phi) is 51.6. The molecule has 664 valence electrons. The van der Waals surface area contributed by atoms with Crippen molar-refractivity contribution in [1.29, 1.82) is 0 Å². The van der Waals surface area contributed by atoms with Crippen molar-refractivity contribution in [2.45, 2.75) is 268 Å². The van der Waals surface area contributed by atoms with Crippen molar-refractivity contribution in [3.8, 4) is 0 Å². The zero-order chi connectivity index (χ0) is 85.6. The number of hydrogen-bond acceptors (Lipinski definition) is 25. The smallest absolute Gasteiger partial charge is 0.152 e. The average Bonchev–Trinajstić information content (AvgIpc) is 1.65. The first-order valence-electron chi connectivity index (χ1n) is 43.8. The van der Waals surface area contributed by atoms with Gasteiger partial charge in [-0.3, -0.25) is 47.9 Å². The molecular formula is C92H146O23S2. The number of rotatable bonds is 18. The van der Waals surface area contributed by atoms with E-state index >= 15 is 0 Å². The Morgan fingerprint density at radius 2 is 0.709 bits per heavy atom. The summed E-state index contributed by atoms with van der Waals surface area (Å²) in [6.45, 7) is 33.0. The van der Waals surface area contributed by atoms with Crippen LogP contribution in [0, 0.1) is 71.0 Å². The second-order valence-corrected chi connectivity index (χ2v) is 36.5. The average molecular weight is 1680 g/mol. The van der Waals surface area contributed by atoms with E-state index in [9.17, 15) is 57.5 Å². The molecule has 15 fully saturated rings. The molecule has 117 heavy (non-hydrogen) atoms. The van der Waals surface area contributed by atoms with E-state index in [1.807, 2.05) is 29.6 Å². The minimum absolute atomic E-state index is 0.00579. The zero-order valence-electron chi connectivity index (χ0n) is 73.1. The Morgan fingerprint density at radius 1 is 0.316 bits per heavy atom. The number of thioether (sulfide) groups is 2. The van der Waals surface area contributed by atoms with Gasteiger partial charge in [0, 0.05) is 102 Å². The summed E-state index contributed by atoms with van der Waals surface area (Å²) in [4.78, 5) is 128. The fourth-order valence-electron chi connectivity index (χ4n) is 16.9. The summed E-state index contributed by atoms with van der Waals surface area (Å²) in [5.41, 5.74) is 3.81. The van der Waals surface area contributed by atoms with Crippen LogP contribution < -0.4 is 0 Å². The van der Waals surface area contributed by atoms with E-state index in [4.69, 9.17) is 52.1 Å². The standard InChI is InChI=1S/2C8H12O2.C8H14O2.2C8H12O2.C8H14O2.C8H14OS.C8H12OS.C7H12O3.2C7H10O2.C7H12O2/c2*1-5(9)7-6-3-2-4-10-8(6)7;3*1-7(9)6-8-2-4-10-5-3-8;1-7(9)6-8-4-2-3-5-10-8;2*1-7(9)6-8-2-4-10-5-3-8;1-6(8)4-7-5-9-2-3-10-7;2*1-4(8)7-5-2-9-3-6(5)7;1-6(8)5-7-3-2-4-9-7/h2*6-8H,2-4H2,1H3;8H,2-6H2,1H3;6H,2-5H2,1H3;2H,3-6H2,1H3;2*8H,2-6H2,1H3;6H,2-5H2,1H3;7H,2-5H2,1H3;2*5-7H,2-3H2,1H3;7H,2-5H2,1H3. The number of fused-ring (bicyclic) bond motifs is 4. The fraction of sp³-hybridized carbons (Fsp3) is 0.804. The number of carbonyl (C=O) groups excluding carboxylic acids is 12. The van der Waals surface area contributed by atoms with E-state index in [-0.39, 0.29) is 64.8 Å². The van der Waals surface area contributed by atoms with Gasteiger partial charge >= 0.3 is 0 Å². The van der Waals surface area contributed by atoms with E-state index in [0.29, 0.717) is 158 Å². The van der Waals surface area contributed by atoms with E-state index < -0.39 is 0 Å². The summed E-state index contributed by atoms with van der Waals surface area (Å²) < 4.78 is 57.4. The van der Waals surface area contributed by atoms with Gasteiger partial charge in [-0.2, -0.15) is 23.5 Å². The van der Waals surface area contributed by atoms with Crippen LogP contribution in [-0.2, 0) is 110 Å². The largest absolute Gasteiger partial charge is 0.381 e. The molecule has 11 saturated heterocycles. The quantitative estimate of drug-likeness (QED) is 0.0909. The third-order valence-electron chi connectivity index (χ3n) is 23.1. The normalized spacial score (nSPS) is 29.6. The molecule has 0 aromatic carbocycles. The first kappa shape index (κ1) is 103. The summed E-state index contributed by atoms with van der Waals surface area (Å²) in [5, 5.41) is 0. The number of carbonyl (C=O) groups is 12. The molecule has 0 aromatic rings. The number of ether oxygens (including phenoxy) is 11. The zero-order valence-corrected chi connectivity index (χ0v) is 74.7. The number of hydrogen-bond donors (Lipinski definition) is 0. The highest BCUT2D eigenvalue weighted by Gasteiger charge is 2.58. The fourth-order valence-corrected chi connectivity index (χ4v) is 19.2.